The fraction of sp³-hybridized carbons (Fsp3) is 0.889. The number of hydrogen-bond acceptors (Lipinski definition) is 4. The first kappa shape index (κ1) is 19.2. The molecule has 6 nitrogen and oxygen atoms in total. The van der Waals surface area contributed by atoms with Gasteiger partial charge in [0.05, 0.1) is 13.1 Å². The maximum Gasteiger partial charge on any atom is 0.317 e. The predicted octanol–water partition coefficient (Wildman–Crippen LogP) is 1.65. The number of likely N-dealkylation sites (N-methyl/N-ethyl adjacent to an activating group) is 1. The van der Waals surface area contributed by atoms with E-state index in [1.165, 1.54) is 6.42 Å². The zero-order valence-corrected chi connectivity index (χ0v) is 15.4. The van der Waals surface area contributed by atoms with Gasteiger partial charge in [-0.3, -0.25) is 19.4 Å². The number of likely N-dealkylation sites (tertiary alicyclic amines) is 2. The van der Waals surface area contributed by atoms with Crippen LogP contribution < -0.4 is 0 Å². The van der Waals surface area contributed by atoms with Crippen LogP contribution in [0.2, 0.25) is 0 Å². The maximum atomic E-state index is 12.8. The third-order valence-electron chi connectivity index (χ3n) is 5.64. The smallest absolute Gasteiger partial charge is 0.317 e. The lowest BCUT2D eigenvalue weighted by Gasteiger charge is -2.40. The Morgan fingerprint density at radius 2 is 1.71 bits per heavy atom. The molecule has 0 bridgehead atoms. The number of hydrogen-bond donors (Lipinski definition) is 1. The standard InChI is InChI=1S/C18H33N3O3/c1-14-6-4-7-15(2)21(14)17(22)12-20-10-5-8-16(9-11-20)19(3)13-18(23)24/h14-16H,4-13H2,1-3H3,(H,23,24). The van der Waals surface area contributed by atoms with Crippen molar-refractivity contribution in [2.24, 2.45) is 0 Å². The van der Waals surface area contributed by atoms with Gasteiger partial charge in [-0.25, -0.2) is 0 Å². The first-order chi connectivity index (χ1) is 11.4. The average molecular weight is 339 g/mol. The van der Waals surface area contributed by atoms with Gasteiger partial charge in [0, 0.05) is 24.7 Å². The minimum atomic E-state index is -0.776. The number of amides is 1. The lowest BCUT2D eigenvalue weighted by molar-refractivity contribution is -0.139. The molecule has 24 heavy (non-hydrogen) atoms. The second kappa shape index (κ2) is 8.81. The number of carboxylic acids is 1. The summed E-state index contributed by atoms with van der Waals surface area (Å²) in [6, 6.07) is 0.999. The van der Waals surface area contributed by atoms with E-state index in [0.717, 1.165) is 45.2 Å². The SMILES string of the molecule is CC1CCCC(C)N1C(=O)CN1CCCC(N(C)CC(=O)O)CC1. The molecule has 0 aliphatic carbocycles. The summed E-state index contributed by atoms with van der Waals surface area (Å²) < 4.78 is 0. The van der Waals surface area contributed by atoms with E-state index in [-0.39, 0.29) is 12.5 Å². The summed E-state index contributed by atoms with van der Waals surface area (Å²) in [4.78, 5) is 29.9. The van der Waals surface area contributed by atoms with E-state index in [0.29, 0.717) is 24.7 Å². The first-order valence-corrected chi connectivity index (χ1v) is 9.34. The number of carboxylic acid groups (broad SMARTS) is 1. The summed E-state index contributed by atoms with van der Waals surface area (Å²) in [5.74, 6) is -0.520. The Balaban J connectivity index is 1.85. The first-order valence-electron chi connectivity index (χ1n) is 9.34. The fourth-order valence-corrected chi connectivity index (χ4v) is 4.27. The molecule has 138 valence electrons. The second-order valence-corrected chi connectivity index (χ2v) is 7.60. The molecule has 6 heteroatoms. The molecule has 2 heterocycles. The lowest BCUT2D eigenvalue weighted by Crippen LogP contribution is -2.51. The van der Waals surface area contributed by atoms with Crippen LogP contribution in [-0.2, 0) is 9.59 Å². The third kappa shape index (κ3) is 5.18. The van der Waals surface area contributed by atoms with Crippen molar-refractivity contribution in [3.63, 3.8) is 0 Å². The van der Waals surface area contributed by atoms with E-state index < -0.39 is 5.97 Å². The number of aliphatic carboxylic acids is 1. The summed E-state index contributed by atoms with van der Waals surface area (Å²) in [7, 11) is 1.89. The van der Waals surface area contributed by atoms with Crippen molar-refractivity contribution in [3.8, 4) is 0 Å². The summed E-state index contributed by atoms with van der Waals surface area (Å²) in [5, 5.41) is 8.95. The molecule has 1 amide bonds. The Morgan fingerprint density at radius 1 is 1.04 bits per heavy atom. The van der Waals surface area contributed by atoms with Gasteiger partial charge >= 0.3 is 5.97 Å². The number of rotatable bonds is 5. The van der Waals surface area contributed by atoms with Gasteiger partial charge < -0.3 is 10.0 Å². The van der Waals surface area contributed by atoms with Crippen molar-refractivity contribution in [2.45, 2.75) is 70.5 Å². The van der Waals surface area contributed by atoms with E-state index in [9.17, 15) is 9.59 Å². The zero-order chi connectivity index (χ0) is 17.7. The molecule has 0 aromatic carbocycles. The molecule has 0 spiro atoms. The highest BCUT2D eigenvalue weighted by molar-refractivity contribution is 5.79. The molecule has 3 unspecified atom stereocenters. The minimum absolute atomic E-state index is 0.0897. The van der Waals surface area contributed by atoms with E-state index in [1.54, 1.807) is 0 Å². The quantitative estimate of drug-likeness (QED) is 0.825. The summed E-state index contributed by atoms with van der Waals surface area (Å²) in [5.41, 5.74) is 0. The largest absolute Gasteiger partial charge is 0.480 e. The van der Waals surface area contributed by atoms with Crippen LogP contribution >= 0.6 is 0 Å². The van der Waals surface area contributed by atoms with Crippen LogP contribution in [0.1, 0.15) is 52.4 Å². The minimum Gasteiger partial charge on any atom is -0.480 e. The van der Waals surface area contributed by atoms with Crippen LogP contribution in [0, 0.1) is 0 Å². The van der Waals surface area contributed by atoms with Crippen LogP contribution in [0.15, 0.2) is 0 Å². The normalized spacial score (nSPS) is 29.5. The van der Waals surface area contributed by atoms with Crippen LogP contribution in [0.5, 0.6) is 0 Å². The average Bonchev–Trinajstić information content (AvgIpc) is 2.72. The van der Waals surface area contributed by atoms with Gasteiger partial charge in [0.2, 0.25) is 5.91 Å². The van der Waals surface area contributed by atoms with Gasteiger partial charge in [-0.2, -0.15) is 0 Å². The lowest BCUT2D eigenvalue weighted by atomic mass is 9.97. The van der Waals surface area contributed by atoms with E-state index in [1.807, 2.05) is 11.9 Å². The van der Waals surface area contributed by atoms with Crippen LogP contribution in [0.3, 0.4) is 0 Å². The van der Waals surface area contributed by atoms with Crippen molar-refractivity contribution in [1.29, 1.82) is 0 Å². The molecule has 1 N–H and O–H groups in total. The van der Waals surface area contributed by atoms with E-state index in [4.69, 9.17) is 5.11 Å². The molecule has 0 saturated carbocycles. The molecule has 2 saturated heterocycles. The second-order valence-electron chi connectivity index (χ2n) is 7.60. The van der Waals surface area contributed by atoms with E-state index in [2.05, 4.69) is 23.6 Å². The Kier molecular flexibility index (Phi) is 7.04. The molecule has 2 aliphatic heterocycles. The van der Waals surface area contributed by atoms with Crippen molar-refractivity contribution >= 4 is 11.9 Å². The Hall–Kier alpha value is -1.14. The fourth-order valence-electron chi connectivity index (χ4n) is 4.27. The van der Waals surface area contributed by atoms with Gasteiger partial charge in [-0.1, -0.05) is 0 Å². The number of carbonyl (C=O) groups excluding carboxylic acids is 1. The van der Waals surface area contributed by atoms with Gasteiger partial charge in [-0.15, -0.1) is 0 Å². The molecule has 2 rings (SSSR count). The van der Waals surface area contributed by atoms with Gasteiger partial charge in [0.1, 0.15) is 0 Å². The molecule has 0 aromatic rings. The highest BCUT2D eigenvalue weighted by Gasteiger charge is 2.30. The van der Waals surface area contributed by atoms with Crippen molar-refractivity contribution in [1.82, 2.24) is 14.7 Å². The third-order valence-corrected chi connectivity index (χ3v) is 5.64. The Bertz CT molecular complexity index is 433. The summed E-state index contributed by atoms with van der Waals surface area (Å²) in [6.07, 6.45) is 6.39. The number of carbonyl (C=O) groups is 2. The van der Waals surface area contributed by atoms with Crippen LogP contribution in [-0.4, -0.2) is 83.0 Å². The Labute approximate surface area is 145 Å². The van der Waals surface area contributed by atoms with Gasteiger partial charge in [0.25, 0.3) is 0 Å². The molecule has 2 aliphatic rings. The van der Waals surface area contributed by atoms with Crippen molar-refractivity contribution < 1.29 is 14.7 Å². The summed E-state index contributed by atoms with van der Waals surface area (Å²) in [6.45, 7) is 6.72. The van der Waals surface area contributed by atoms with E-state index >= 15 is 0 Å². The molecule has 2 fully saturated rings. The predicted molar refractivity (Wildman–Crippen MR) is 94.0 cm³/mol. The highest BCUT2D eigenvalue weighted by atomic mass is 16.4. The molecular formula is C18H33N3O3. The molecule has 3 atom stereocenters. The molecule has 0 aromatic heterocycles. The summed E-state index contributed by atoms with van der Waals surface area (Å²) >= 11 is 0. The van der Waals surface area contributed by atoms with Crippen molar-refractivity contribution in [3.05, 3.63) is 0 Å². The highest BCUT2D eigenvalue weighted by Crippen LogP contribution is 2.23. The monoisotopic (exact) mass is 339 g/mol. The van der Waals surface area contributed by atoms with Gasteiger partial charge in [0.15, 0.2) is 0 Å². The zero-order valence-electron chi connectivity index (χ0n) is 15.4. The Morgan fingerprint density at radius 3 is 2.33 bits per heavy atom. The van der Waals surface area contributed by atoms with Gasteiger partial charge in [-0.05, 0) is 66.0 Å². The number of nitrogens with zero attached hydrogens (tertiary/aromatic N) is 3. The number of piperidine rings is 1. The van der Waals surface area contributed by atoms with Crippen LogP contribution in [0.4, 0.5) is 0 Å². The topological polar surface area (TPSA) is 64.1 Å². The van der Waals surface area contributed by atoms with Crippen LogP contribution in [0.25, 0.3) is 0 Å². The molecular weight excluding hydrogens is 306 g/mol. The van der Waals surface area contributed by atoms with Crippen molar-refractivity contribution in [2.75, 3.05) is 33.2 Å². The maximum absolute atomic E-state index is 12.8. The molecule has 0 radical (unpaired) electrons.